The number of pyridine rings is 1. The molecule has 0 unspecified atom stereocenters. The third-order valence-electron chi connectivity index (χ3n) is 2.27. The molecule has 1 aromatic rings. The van der Waals surface area contributed by atoms with Gasteiger partial charge in [0.1, 0.15) is 5.82 Å². The van der Waals surface area contributed by atoms with Crippen molar-refractivity contribution in [3.63, 3.8) is 0 Å². The van der Waals surface area contributed by atoms with Gasteiger partial charge in [0.25, 0.3) is 0 Å². The zero-order valence-electron chi connectivity index (χ0n) is 8.64. The molecular formula is C10H12N4O2. The van der Waals surface area contributed by atoms with E-state index in [0.29, 0.717) is 12.4 Å². The van der Waals surface area contributed by atoms with Crippen molar-refractivity contribution in [3.8, 4) is 0 Å². The summed E-state index contributed by atoms with van der Waals surface area (Å²) in [5.41, 5.74) is 6.39. The summed E-state index contributed by atoms with van der Waals surface area (Å²) >= 11 is 0. The summed E-state index contributed by atoms with van der Waals surface area (Å²) < 4.78 is 0. The molecule has 1 aromatic heterocycles. The van der Waals surface area contributed by atoms with Crippen LogP contribution in [0.15, 0.2) is 18.3 Å². The number of nitrogen functional groups attached to an aromatic ring is 1. The lowest BCUT2D eigenvalue weighted by Crippen LogP contribution is -2.50. The highest BCUT2D eigenvalue weighted by Gasteiger charge is 2.22. The van der Waals surface area contributed by atoms with Gasteiger partial charge >= 0.3 is 0 Å². The lowest BCUT2D eigenvalue weighted by atomic mass is 10.2. The number of anilines is 1. The lowest BCUT2D eigenvalue weighted by molar-refractivity contribution is -0.136. The second kappa shape index (κ2) is 4.28. The molecule has 6 heteroatoms. The van der Waals surface area contributed by atoms with Gasteiger partial charge in [-0.05, 0) is 11.6 Å². The van der Waals surface area contributed by atoms with Gasteiger partial charge < -0.3 is 5.73 Å². The molecule has 1 fully saturated rings. The second-order valence-corrected chi connectivity index (χ2v) is 3.71. The van der Waals surface area contributed by atoms with Crippen molar-refractivity contribution in [2.75, 3.05) is 18.8 Å². The Hall–Kier alpha value is -1.95. The first-order valence-electron chi connectivity index (χ1n) is 4.89. The zero-order valence-corrected chi connectivity index (χ0v) is 8.64. The van der Waals surface area contributed by atoms with Gasteiger partial charge in [-0.15, -0.1) is 0 Å². The molecule has 1 aliphatic rings. The Morgan fingerprint density at radius 2 is 2.00 bits per heavy atom. The summed E-state index contributed by atoms with van der Waals surface area (Å²) in [4.78, 5) is 27.9. The molecule has 0 bridgehead atoms. The Balaban J connectivity index is 2.01. The number of amides is 2. The summed E-state index contributed by atoms with van der Waals surface area (Å²) in [5.74, 6) is -0.0736. The van der Waals surface area contributed by atoms with E-state index in [9.17, 15) is 9.59 Å². The normalized spacial score (nSPS) is 17.2. The van der Waals surface area contributed by atoms with Crippen LogP contribution in [-0.4, -0.2) is 34.8 Å². The molecule has 2 rings (SSSR count). The third kappa shape index (κ3) is 2.54. The zero-order chi connectivity index (χ0) is 11.5. The molecule has 0 aromatic carbocycles. The van der Waals surface area contributed by atoms with Crippen LogP contribution in [0.2, 0.25) is 0 Å². The van der Waals surface area contributed by atoms with E-state index in [-0.39, 0.29) is 24.9 Å². The maximum Gasteiger partial charge on any atom is 0.240 e. The van der Waals surface area contributed by atoms with Crippen LogP contribution in [-0.2, 0) is 16.1 Å². The SMILES string of the molecule is Nc1ccc(CN2CC(=O)NC(=O)C2)cn1. The van der Waals surface area contributed by atoms with Crippen LogP contribution in [0.3, 0.4) is 0 Å². The van der Waals surface area contributed by atoms with Crippen LogP contribution in [0.5, 0.6) is 0 Å². The lowest BCUT2D eigenvalue weighted by Gasteiger charge is -2.24. The summed E-state index contributed by atoms with van der Waals surface area (Å²) in [5, 5.41) is 2.25. The number of carbonyl (C=O) groups excluding carboxylic acids is 2. The number of hydrogen-bond donors (Lipinski definition) is 2. The van der Waals surface area contributed by atoms with Crippen LogP contribution in [0.1, 0.15) is 5.56 Å². The Labute approximate surface area is 92.4 Å². The van der Waals surface area contributed by atoms with Gasteiger partial charge in [-0.3, -0.25) is 19.8 Å². The number of aromatic nitrogens is 1. The van der Waals surface area contributed by atoms with Crippen LogP contribution < -0.4 is 11.1 Å². The highest BCUT2D eigenvalue weighted by molar-refractivity contribution is 5.99. The van der Waals surface area contributed by atoms with Gasteiger partial charge in [-0.2, -0.15) is 0 Å². The molecule has 84 valence electrons. The third-order valence-corrected chi connectivity index (χ3v) is 2.27. The number of nitrogens with one attached hydrogen (secondary N) is 1. The van der Waals surface area contributed by atoms with Crippen molar-refractivity contribution in [2.45, 2.75) is 6.54 Å². The monoisotopic (exact) mass is 220 g/mol. The number of rotatable bonds is 2. The van der Waals surface area contributed by atoms with Crippen molar-refractivity contribution >= 4 is 17.6 Å². The highest BCUT2D eigenvalue weighted by atomic mass is 16.2. The molecule has 2 amide bonds. The molecule has 1 saturated heterocycles. The number of piperazine rings is 1. The fourth-order valence-corrected chi connectivity index (χ4v) is 1.60. The summed E-state index contributed by atoms with van der Waals surface area (Å²) in [6.07, 6.45) is 1.65. The van der Waals surface area contributed by atoms with E-state index < -0.39 is 0 Å². The summed E-state index contributed by atoms with van der Waals surface area (Å²) in [6.45, 7) is 0.985. The van der Waals surface area contributed by atoms with E-state index in [4.69, 9.17) is 5.73 Å². The number of imide groups is 1. The molecule has 0 spiro atoms. The highest BCUT2D eigenvalue weighted by Crippen LogP contribution is 2.06. The van der Waals surface area contributed by atoms with Crippen molar-refractivity contribution in [1.82, 2.24) is 15.2 Å². The number of carbonyl (C=O) groups is 2. The standard InChI is InChI=1S/C10H12N4O2/c11-8-2-1-7(3-12-8)4-14-5-9(15)13-10(16)6-14/h1-3H,4-6H2,(H2,11,12)(H,13,15,16). The Bertz CT molecular complexity index is 399. The van der Waals surface area contributed by atoms with Gasteiger partial charge in [-0.1, -0.05) is 6.07 Å². The van der Waals surface area contributed by atoms with Gasteiger partial charge in [0.15, 0.2) is 0 Å². The minimum absolute atomic E-state index is 0.232. The first-order chi connectivity index (χ1) is 7.63. The van der Waals surface area contributed by atoms with E-state index in [1.807, 2.05) is 6.07 Å². The smallest absolute Gasteiger partial charge is 0.240 e. The maximum atomic E-state index is 11.1. The van der Waals surface area contributed by atoms with Gasteiger partial charge in [-0.25, -0.2) is 4.98 Å². The molecule has 0 radical (unpaired) electrons. The van der Waals surface area contributed by atoms with E-state index in [1.165, 1.54) is 0 Å². The molecule has 0 saturated carbocycles. The van der Waals surface area contributed by atoms with Gasteiger partial charge in [0.05, 0.1) is 13.1 Å². The van der Waals surface area contributed by atoms with Crippen molar-refractivity contribution < 1.29 is 9.59 Å². The fourth-order valence-electron chi connectivity index (χ4n) is 1.60. The van der Waals surface area contributed by atoms with Gasteiger partial charge in [0.2, 0.25) is 11.8 Å². The topological polar surface area (TPSA) is 88.3 Å². The Morgan fingerprint density at radius 1 is 1.31 bits per heavy atom. The minimum Gasteiger partial charge on any atom is -0.384 e. The van der Waals surface area contributed by atoms with Crippen LogP contribution in [0, 0.1) is 0 Å². The average molecular weight is 220 g/mol. The molecule has 16 heavy (non-hydrogen) atoms. The Morgan fingerprint density at radius 3 is 2.56 bits per heavy atom. The van der Waals surface area contributed by atoms with E-state index in [2.05, 4.69) is 10.3 Å². The maximum absolute atomic E-state index is 11.1. The number of hydrogen-bond acceptors (Lipinski definition) is 5. The predicted molar refractivity (Wildman–Crippen MR) is 57.1 cm³/mol. The summed E-state index contributed by atoms with van der Waals surface area (Å²) in [6, 6.07) is 3.53. The quantitative estimate of drug-likeness (QED) is 0.632. The minimum atomic E-state index is -0.264. The first kappa shape index (κ1) is 10.6. The van der Waals surface area contributed by atoms with E-state index in [0.717, 1.165) is 5.56 Å². The second-order valence-electron chi connectivity index (χ2n) is 3.71. The van der Waals surface area contributed by atoms with Crippen molar-refractivity contribution in [1.29, 1.82) is 0 Å². The molecule has 2 heterocycles. The predicted octanol–water partition coefficient (Wildman–Crippen LogP) is -0.878. The molecule has 1 aliphatic heterocycles. The van der Waals surface area contributed by atoms with Crippen LogP contribution >= 0.6 is 0 Å². The average Bonchev–Trinajstić information content (AvgIpc) is 2.20. The van der Waals surface area contributed by atoms with Crippen molar-refractivity contribution in [3.05, 3.63) is 23.9 Å². The van der Waals surface area contributed by atoms with Crippen LogP contribution in [0.25, 0.3) is 0 Å². The first-order valence-corrected chi connectivity index (χ1v) is 4.89. The van der Waals surface area contributed by atoms with Gasteiger partial charge in [0, 0.05) is 12.7 Å². The molecular weight excluding hydrogens is 208 g/mol. The molecule has 3 N–H and O–H groups in total. The molecule has 0 aliphatic carbocycles. The molecule has 6 nitrogen and oxygen atoms in total. The summed E-state index contributed by atoms with van der Waals surface area (Å²) in [7, 11) is 0. The Kier molecular flexibility index (Phi) is 2.82. The largest absolute Gasteiger partial charge is 0.384 e. The fraction of sp³-hybridized carbons (Fsp3) is 0.300. The number of nitrogens with two attached hydrogens (primary N) is 1. The number of nitrogens with zero attached hydrogens (tertiary/aromatic N) is 2. The molecule has 0 atom stereocenters. The van der Waals surface area contributed by atoms with E-state index in [1.54, 1.807) is 17.2 Å². The van der Waals surface area contributed by atoms with Crippen molar-refractivity contribution in [2.24, 2.45) is 0 Å². The van der Waals surface area contributed by atoms with Crippen LogP contribution in [0.4, 0.5) is 5.82 Å². The van der Waals surface area contributed by atoms with E-state index >= 15 is 0 Å².